The number of nitrogens with zero attached hydrogens (tertiary/aromatic N) is 3. The first-order valence-corrected chi connectivity index (χ1v) is 5.40. The van der Waals surface area contributed by atoms with Crippen molar-refractivity contribution in [3.8, 4) is 0 Å². The molecule has 0 bridgehead atoms. The van der Waals surface area contributed by atoms with Gasteiger partial charge in [-0.1, -0.05) is 0 Å². The fourth-order valence-electron chi connectivity index (χ4n) is 1.84. The van der Waals surface area contributed by atoms with E-state index in [1.807, 2.05) is 19.9 Å². The highest BCUT2D eigenvalue weighted by Crippen LogP contribution is 2.17. The lowest BCUT2D eigenvalue weighted by Crippen LogP contribution is -2.05. The Hall–Kier alpha value is -2.24. The summed E-state index contributed by atoms with van der Waals surface area (Å²) in [5.74, 6) is -0.610. The number of hydrogen-bond donors (Lipinski definition) is 0. The average molecular weight is 249 g/mol. The molecule has 0 saturated heterocycles. The summed E-state index contributed by atoms with van der Waals surface area (Å²) in [5, 5.41) is 14.9. The first kappa shape index (κ1) is 12.2. The van der Waals surface area contributed by atoms with Gasteiger partial charge in [-0.3, -0.25) is 14.8 Å². The second-order valence-corrected chi connectivity index (χ2v) is 4.16. The lowest BCUT2D eigenvalue weighted by Gasteiger charge is -2.05. The predicted octanol–water partition coefficient (Wildman–Crippen LogP) is 2.60. The number of rotatable bonds is 3. The second-order valence-electron chi connectivity index (χ2n) is 4.16. The van der Waals surface area contributed by atoms with Gasteiger partial charge in [-0.15, -0.1) is 0 Å². The topological polar surface area (TPSA) is 61.0 Å². The Kier molecular flexibility index (Phi) is 3.10. The summed E-state index contributed by atoms with van der Waals surface area (Å²) in [6.07, 6.45) is 0. The minimum atomic E-state index is -0.610. The molecule has 0 N–H and O–H groups in total. The van der Waals surface area contributed by atoms with Gasteiger partial charge in [0.1, 0.15) is 5.82 Å². The van der Waals surface area contributed by atoms with Crippen molar-refractivity contribution in [3.63, 3.8) is 0 Å². The molecule has 0 aliphatic heterocycles. The zero-order chi connectivity index (χ0) is 13.3. The zero-order valence-electron chi connectivity index (χ0n) is 10.1. The average Bonchev–Trinajstić information content (AvgIpc) is 2.56. The van der Waals surface area contributed by atoms with Crippen LogP contribution in [0.25, 0.3) is 0 Å². The molecule has 18 heavy (non-hydrogen) atoms. The van der Waals surface area contributed by atoms with Crippen LogP contribution in [0.1, 0.15) is 17.0 Å². The molecule has 94 valence electrons. The quantitative estimate of drug-likeness (QED) is 0.620. The van der Waals surface area contributed by atoms with Gasteiger partial charge in [-0.2, -0.15) is 5.10 Å². The summed E-state index contributed by atoms with van der Waals surface area (Å²) >= 11 is 0. The third kappa shape index (κ3) is 2.53. The van der Waals surface area contributed by atoms with Crippen LogP contribution in [-0.4, -0.2) is 14.7 Å². The molecule has 2 aromatic rings. The molecule has 5 nitrogen and oxygen atoms in total. The first-order chi connectivity index (χ1) is 8.45. The minimum Gasteiger partial charge on any atom is -0.265 e. The smallest absolute Gasteiger partial charge is 0.265 e. The number of nitro groups is 1. The second kappa shape index (κ2) is 4.56. The Morgan fingerprint density at radius 1 is 1.33 bits per heavy atom. The predicted molar refractivity (Wildman–Crippen MR) is 63.9 cm³/mol. The van der Waals surface area contributed by atoms with Crippen LogP contribution < -0.4 is 0 Å². The summed E-state index contributed by atoms with van der Waals surface area (Å²) in [4.78, 5) is 10.0. The van der Waals surface area contributed by atoms with E-state index in [0.717, 1.165) is 17.5 Å². The lowest BCUT2D eigenvalue weighted by atomic mass is 10.2. The molecule has 0 atom stereocenters. The van der Waals surface area contributed by atoms with Crippen molar-refractivity contribution in [3.05, 3.63) is 57.1 Å². The van der Waals surface area contributed by atoms with E-state index in [-0.39, 0.29) is 5.69 Å². The molecule has 0 aliphatic carbocycles. The number of aromatic nitrogens is 2. The van der Waals surface area contributed by atoms with E-state index in [0.29, 0.717) is 12.1 Å². The summed E-state index contributed by atoms with van der Waals surface area (Å²) in [6, 6.07) is 5.45. The summed E-state index contributed by atoms with van der Waals surface area (Å²) in [5.41, 5.74) is 2.07. The highest BCUT2D eigenvalue weighted by Gasteiger charge is 2.11. The van der Waals surface area contributed by atoms with Gasteiger partial charge in [-0.05, 0) is 31.5 Å². The SMILES string of the molecule is Cc1cc(C)n(Cc2cc(F)cc([N+](=O)[O-])c2)n1. The van der Waals surface area contributed by atoms with E-state index in [2.05, 4.69) is 5.10 Å². The maximum absolute atomic E-state index is 13.3. The van der Waals surface area contributed by atoms with Crippen LogP contribution in [-0.2, 0) is 6.54 Å². The van der Waals surface area contributed by atoms with Crippen molar-refractivity contribution in [1.29, 1.82) is 0 Å². The van der Waals surface area contributed by atoms with E-state index in [4.69, 9.17) is 0 Å². The van der Waals surface area contributed by atoms with E-state index < -0.39 is 10.7 Å². The molecule has 0 radical (unpaired) electrons. The molecule has 0 fully saturated rings. The molecule has 6 heteroatoms. The van der Waals surface area contributed by atoms with E-state index >= 15 is 0 Å². The molecule has 1 aromatic carbocycles. The van der Waals surface area contributed by atoms with Crippen molar-refractivity contribution in [2.24, 2.45) is 0 Å². The zero-order valence-corrected chi connectivity index (χ0v) is 10.1. The molecule has 0 saturated carbocycles. The number of benzene rings is 1. The minimum absolute atomic E-state index is 0.244. The number of halogens is 1. The van der Waals surface area contributed by atoms with Crippen LogP contribution in [0.3, 0.4) is 0 Å². The summed E-state index contributed by atoms with van der Waals surface area (Å²) in [7, 11) is 0. The van der Waals surface area contributed by atoms with Gasteiger partial charge in [0.25, 0.3) is 5.69 Å². The van der Waals surface area contributed by atoms with Crippen LogP contribution in [0.15, 0.2) is 24.3 Å². The Labute approximate surface area is 103 Å². The van der Waals surface area contributed by atoms with Crippen LogP contribution in [0.4, 0.5) is 10.1 Å². The summed E-state index contributed by atoms with van der Waals surface area (Å²) < 4.78 is 15.0. The highest BCUT2D eigenvalue weighted by molar-refractivity contribution is 5.35. The van der Waals surface area contributed by atoms with Crippen LogP contribution >= 0.6 is 0 Å². The Morgan fingerprint density at radius 2 is 2.06 bits per heavy atom. The van der Waals surface area contributed by atoms with Crippen molar-refractivity contribution >= 4 is 5.69 Å². The highest BCUT2D eigenvalue weighted by atomic mass is 19.1. The van der Waals surface area contributed by atoms with Gasteiger partial charge < -0.3 is 0 Å². The number of nitro benzene ring substituents is 1. The molecular weight excluding hydrogens is 237 g/mol. The Bertz CT molecular complexity index is 607. The molecular formula is C12H12FN3O2. The van der Waals surface area contributed by atoms with Crippen LogP contribution in [0.2, 0.25) is 0 Å². The fraction of sp³-hybridized carbons (Fsp3) is 0.250. The number of aryl methyl sites for hydroxylation is 2. The molecule has 0 aliphatic rings. The standard InChI is InChI=1S/C12H12FN3O2/c1-8-3-9(2)15(14-8)7-10-4-11(13)6-12(5-10)16(17)18/h3-6H,7H2,1-2H3. The molecule has 0 spiro atoms. The van der Waals surface area contributed by atoms with Crippen molar-refractivity contribution in [2.75, 3.05) is 0 Å². The first-order valence-electron chi connectivity index (χ1n) is 5.40. The van der Waals surface area contributed by atoms with E-state index in [9.17, 15) is 14.5 Å². The Balaban J connectivity index is 2.34. The molecule has 2 rings (SSSR count). The summed E-state index contributed by atoms with van der Waals surface area (Å²) in [6.45, 7) is 4.06. The van der Waals surface area contributed by atoms with Crippen molar-refractivity contribution in [2.45, 2.75) is 20.4 Å². The maximum Gasteiger partial charge on any atom is 0.272 e. The third-order valence-electron chi connectivity index (χ3n) is 2.59. The number of hydrogen-bond acceptors (Lipinski definition) is 3. The van der Waals surface area contributed by atoms with Gasteiger partial charge in [0.15, 0.2) is 0 Å². The van der Waals surface area contributed by atoms with E-state index in [1.165, 1.54) is 12.1 Å². The van der Waals surface area contributed by atoms with Crippen LogP contribution in [0, 0.1) is 29.8 Å². The van der Waals surface area contributed by atoms with Gasteiger partial charge >= 0.3 is 0 Å². The van der Waals surface area contributed by atoms with Crippen molar-refractivity contribution < 1.29 is 9.31 Å². The Morgan fingerprint density at radius 3 is 2.61 bits per heavy atom. The van der Waals surface area contributed by atoms with Gasteiger partial charge in [0.2, 0.25) is 0 Å². The molecule has 0 amide bonds. The van der Waals surface area contributed by atoms with Crippen LogP contribution in [0.5, 0.6) is 0 Å². The maximum atomic E-state index is 13.3. The van der Waals surface area contributed by atoms with Gasteiger partial charge in [0.05, 0.1) is 23.2 Å². The van der Waals surface area contributed by atoms with E-state index in [1.54, 1.807) is 4.68 Å². The molecule has 1 heterocycles. The third-order valence-corrected chi connectivity index (χ3v) is 2.59. The fourth-order valence-corrected chi connectivity index (χ4v) is 1.84. The molecule has 1 aromatic heterocycles. The monoisotopic (exact) mass is 249 g/mol. The normalized spacial score (nSPS) is 10.6. The largest absolute Gasteiger partial charge is 0.272 e. The van der Waals surface area contributed by atoms with Gasteiger partial charge in [-0.25, -0.2) is 4.39 Å². The van der Waals surface area contributed by atoms with Gasteiger partial charge in [0, 0.05) is 11.8 Å². The van der Waals surface area contributed by atoms with Crippen molar-refractivity contribution in [1.82, 2.24) is 9.78 Å². The number of non-ortho nitro benzene ring substituents is 1. The lowest BCUT2D eigenvalue weighted by molar-refractivity contribution is -0.385. The molecule has 0 unspecified atom stereocenters.